The van der Waals surface area contributed by atoms with E-state index in [2.05, 4.69) is 86.1 Å². The van der Waals surface area contributed by atoms with Gasteiger partial charge in [-0.05, 0) is 96.8 Å². The monoisotopic (exact) mass is 681 g/mol. The van der Waals surface area contributed by atoms with E-state index in [1.54, 1.807) is 6.92 Å². The van der Waals surface area contributed by atoms with E-state index in [0.29, 0.717) is 67.5 Å². The van der Waals surface area contributed by atoms with Gasteiger partial charge in [-0.15, -0.1) is 8.58 Å². The molecule has 0 bridgehead atoms. The standard InChI is InChI=1S/2C10H12O.2C10H10O.C2H7P.C2H6/c4*11-7-9-6-10(9)8-4-2-1-3-5-8;1-3-2;1-2/h2*1-5,9-11H,6-7H2;2*1-5,7,9-10H,6H2;3H,1-2H3;1-2H3/t4*9-,10-;;/m1010../s1/i;;;;;1D. The van der Waals surface area contributed by atoms with Crippen molar-refractivity contribution in [1.29, 1.82) is 0 Å². The highest BCUT2D eigenvalue weighted by Crippen LogP contribution is 2.48. The number of carbonyl (C=O) groups is 2. The van der Waals surface area contributed by atoms with Crippen LogP contribution in [0, 0.1) is 23.7 Å². The number of benzene rings is 4. The van der Waals surface area contributed by atoms with Gasteiger partial charge in [-0.2, -0.15) is 0 Å². The number of aliphatic hydroxyl groups excluding tert-OH is 2. The summed E-state index contributed by atoms with van der Waals surface area (Å²) in [6, 6.07) is 41.3. The Balaban J connectivity index is 0.000000171. The first kappa shape index (κ1) is 38.4. The van der Waals surface area contributed by atoms with Crippen molar-refractivity contribution < 1.29 is 21.2 Å². The van der Waals surface area contributed by atoms with Crippen LogP contribution in [0.2, 0.25) is 0 Å². The molecule has 8 atom stereocenters. The Bertz CT molecular complexity index is 1340. The zero-order chi connectivity index (χ0) is 36.1. The average Bonchev–Trinajstić information content (AvgIpc) is 3.99. The van der Waals surface area contributed by atoms with Gasteiger partial charge in [0.05, 0.1) is 0 Å². The lowest BCUT2D eigenvalue weighted by atomic mass is 10.1. The molecule has 4 saturated carbocycles. The second-order valence-electron chi connectivity index (χ2n) is 13.0. The summed E-state index contributed by atoms with van der Waals surface area (Å²) in [6.07, 6.45) is 6.57. The first-order chi connectivity index (χ1) is 24.5. The molecule has 0 unspecified atom stereocenters. The smallest absolute Gasteiger partial charge is 0.123 e. The van der Waals surface area contributed by atoms with Crippen LogP contribution < -0.4 is 0 Å². The van der Waals surface area contributed by atoms with Crippen LogP contribution in [0.1, 0.15) is 86.8 Å². The number of aliphatic hydroxyl groups is 2. The van der Waals surface area contributed by atoms with Crippen molar-refractivity contribution in [3.63, 3.8) is 0 Å². The fraction of sp³-hybridized carbons (Fsp3) is 0.409. The first-order valence-electron chi connectivity index (χ1n) is 18.4. The second kappa shape index (κ2) is 22.3. The van der Waals surface area contributed by atoms with Crippen LogP contribution in [-0.2, 0) is 9.59 Å². The zero-order valence-electron chi connectivity index (χ0n) is 30.5. The Kier molecular flexibility index (Phi) is 17.5. The van der Waals surface area contributed by atoms with Gasteiger partial charge >= 0.3 is 0 Å². The summed E-state index contributed by atoms with van der Waals surface area (Å²) < 4.78 is 6.21. The summed E-state index contributed by atoms with van der Waals surface area (Å²) in [6.45, 7) is 7.29. The van der Waals surface area contributed by atoms with Gasteiger partial charge in [-0.3, -0.25) is 0 Å². The van der Waals surface area contributed by atoms with Crippen LogP contribution in [-0.4, -0.2) is 49.3 Å². The lowest BCUT2D eigenvalue weighted by molar-refractivity contribution is -0.109. The molecule has 0 saturated heterocycles. The Labute approximate surface area is 298 Å². The molecule has 2 N–H and O–H groups in total. The molecule has 4 fully saturated rings. The van der Waals surface area contributed by atoms with Gasteiger partial charge in [-0.1, -0.05) is 135 Å². The molecule has 0 aliphatic heterocycles. The molecule has 0 amide bonds. The Morgan fingerprint density at radius 3 is 0.980 bits per heavy atom. The maximum absolute atomic E-state index is 10.4. The van der Waals surface area contributed by atoms with Gasteiger partial charge in [0, 0.05) is 26.4 Å². The molecule has 4 aliphatic rings. The van der Waals surface area contributed by atoms with Gasteiger partial charge in [0.2, 0.25) is 0 Å². The minimum Gasteiger partial charge on any atom is -0.396 e. The van der Waals surface area contributed by atoms with E-state index in [1.165, 1.54) is 35.1 Å². The van der Waals surface area contributed by atoms with Crippen LogP contribution in [0.15, 0.2) is 121 Å². The third-order valence-electron chi connectivity index (χ3n) is 9.25. The molecule has 8 rings (SSSR count). The summed E-state index contributed by atoms with van der Waals surface area (Å²) in [5.74, 6) is 4.01. The van der Waals surface area contributed by atoms with Crippen molar-refractivity contribution in [3.8, 4) is 0 Å². The van der Waals surface area contributed by atoms with E-state index < -0.39 is 0 Å². The van der Waals surface area contributed by atoms with E-state index >= 15 is 0 Å². The third kappa shape index (κ3) is 13.8. The summed E-state index contributed by atoms with van der Waals surface area (Å²) in [7, 11) is 1.08. The first-order valence-corrected chi connectivity index (χ1v) is 19.7. The number of aldehydes is 2. The van der Waals surface area contributed by atoms with Crippen LogP contribution >= 0.6 is 8.58 Å². The van der Waals surface area contributed by atoms with Gasteiger partial charge in [0.25, 0.3) is 0 Å². The maximum Gasteiger partial charge on any atom is 0.123 e. The lowest BCUT2D eigenvalue weighted by Crippen LogP contribution is -1.87. The predicted octanol–water partition coefficient (Wildman–Crippen LogP) is 9.49. The molecule has 49 heavy (non-hydrogen) atoms. The van der Waals surface area contributed by atoms with Crippen molar-refractivity contribution in [2.75, 3.05) is 26.5 Å². The Morgan fingerprint density at radius 1 is 0.551 bits per heavy atom. The summed E-state index contributed by atoms with van der Waals surface area (Å²) in [5.41, 5.74) is 5.38. The second-order valence-corrected chi connectivity index (χ2v) is 14.0. The zero-order valence-corrected chi connectivity index (χ0v) is 30.5. The van der Waals surface area contributed by atoms with Crippen LogP contribution in [0.3, 0.4) is 0 Å². The van der Waals surface area contributed by atoms with Crippen molar-refractivity contribution in [2.45, 2.75) is 63.2 Å². The molecule has 262 valence electrons. The number of hydrogen-bond donors (Lipinski definition) is 2. The van der Waals surface area contributed by atoms with Gasteiger partial charge < -0.3 is 19.8 Å². The molecule has 5 heteroatoms. The van der Waals surface area contributed by atoms with Crippen molar-refractivity contribution in [2.24, 2.45) is 23.7 Å². The van der Waals surface area contributed by atoms with Crippen LogP contribution in [0.25, 0.3) is 0 Å². The topological polar surface area (TPSA) is 74.6 Å². The molecule has 4 aliphatic carbocycles. The van der Waals surface area contributed by atoms with Crippen LogP contribution in [0.4, 0.5) is 0 Å². The van der Waals surface area contributed by atoms with E-state index in [-0.39, 0.29) is 0 Å². The van der Waals surface area contributed by atoms with Crippen molar-refractivity contribution in [3.05, 3.63) is 144 Å². The van der Waals surface area contributed by atoms with Crippen LogP contribution in [0.5, 0.6) is 0 Å². The van der Waals surface area contributed by atoms with Gasteiger partial charge in [-0.25, -0.2) is 0 Å². The highest BCUT2D eigenvalue weighted by atomic mass is 31.1. The van der Waals surface area contributed by atoms with E-state index in [0.717, 1.165) is 34.0 Å². The van der Waals surface area contributed by atoms with Crippen molar-refractivity contribution in [1.82, 2.24) is 0 Å². The highest BCUT2D eigenvalue weighted by molar-refractivity contribution is 7.35. The normalized spacial score (nSPS) is 26.1. The molecule has 4 aromatic carbocycles. The predicted molar refractivity (Wildman–Crippen MR) is 207 cm³/mol. The van der Waals surface area contributed by atoms with E-state index in [9.17, 15) is 9.59 Å². The minimum absolute atomic E-state index is 0.303. The van der Waals surface area contributed by atoms with Crippen molar-refractivity contribution >= 4 is 21.2 Å². The fourth-order valence-corrected chi connectivity index (χ4v) is 6.01. The average molecular weight is 682 g/mol. The molecular formula is C44H57O4P. The molecule has 0 aromatic heterocycles. The molecule has 4 nitrogen and oxygen atoms in total. The molecule has 0 radical (unpaired) electrons. The minimum atomic E-state index is 0.303. The molecule has 0 heterocycles. The van der Waals surface area contributed by atoms with E-state index in [4.69, 9.17) is 11.6 Å². The summed E-state index contributed by atoms with van der Waals surface area (Å²) in [4.78, 5) is 20.7. The SMILES string of the molecule is CPC.O=C[C@@H]1C[C@H]1c1ccccc1.O=C[C@H]1C[C@@H]1c1ccccc1.OC[C@@H]1C[C@H]1c1ccccc1.OC[C@H]1C[C@@H]1c1ccccc1.[2H]CC. The Morgan fingerprint density at radius 2 is 0.796 bits per heavy atom. The molecular weight excluding hydrogens is 623 g/mol. The molecule has 0 spiro atoms. The maximum atomic E-state index is 10.4. The van der Waals surface area contributed by atoms with Gasteiger partial charge in [0.15, 0.2) is 0 Å². The third-order valence-corrected chi connectivity index (χ3v) is 9.25. The number of hydrogen-bond acceptors (Lipinski definition) is 4. The fourth-order valence-electron chi connectivity index (χ4n) is 6.01. The van der Waals surface area contributed by atoms with Gasteiger partial charge in [0.1, 0.15) is 12.6 Å². The highest BCUT2D eigenvalue weighted by Gasteiger charge is 2.39. The van der Waals surface area contributed by atoms with E-state index in [1.807, 2.05) is 48.5 Å². The largest absolute Gasteiger partial charge is 0.396 e. The quantitative estimate of drug-likeness (QED) is 0.144. The number of carbonyl (C=O) groups excluding carboxylic acids is 2. The number of rotatable bonds is 8. The summed E-state index contributed by atoms with van der Waals surface area (Å²) >= 11 is 0. The summed E-state index contributed by atoms with van der Waals surface area (Å²) in [5, 5.41) is 17.7. The Hall–Kier alpha value is -3.43. The lowest BCUT2D eigenvalue weighted by Gasteiger charge is -1.96. The molecule has 4 aromatic rings.